The van der Waals surface area contributed by atoms with Crippen LogP contribution in [0.5, 0.6) is 0 Å². The zero-order chi connectivity index (χ0) is 21.3. The lowest BCUT2D eigenvalue weighted by Gasteiger charge is -2.29. The lowest BCUT2D eigenvalue weighted by Crippen LogP contribution is -2.46. The van der Waals surface area contributed by atoms with Crippen LogP contribution in [0.4, 0.5) is 32.4 Å². The number of benzene rings is 2. The molecule has 0 spiro atoms. The number of alkyl halides is 3. The molecule has 3 N–H and O–H groups in total. The summed E-state index contributed by atoms with van der Waals surface area (Å²) >= 11 is 0. The molecule has 1 aliphatic heterocycles. The first-order valence-corrected chi connectivity index (χ1v) is 8.28. The highest BCUT2D eigenvalue weighted by Crippen LogP contribution is 2.33. The molecule has 0 fully saturated rings. The van der Waals surface area contributed by atoms with Crippen LogP contribution in [-0.4, -0.2) is 11.9 Å². The van der Waals surface area contributed by atoms with Crippen LogP contribution in [0.2, 0.25) is 0 Å². The van der Waals surface area contributed by atoms with E-state index in [2.05, 4.69) is 16.0 Å². The molecule has 2 aromatic carbocycles. The number of urea groups is 1. The molecule has 0 bridgehead atoms. The van der Waals surface area contributed by atoms with Crippen molar-refractivity contribution in [1.29, 1.82) is 0 Å². The minimum Gasteiger partial charge on any atom is -0.326 e. The van der Waals surface area contributed by atoms with E-state index in [4.69, 9.17) is 0 Å². The summed E-state index contributed by atoms with van der Waals surface area (Å²) in [7, 11) is 0. The van der Waals surface area contributed by atoms with Gasteiger partial charge in [-0.1, -0.05) is 12.1 Å². The lowest BCUT2D eigenvalue weighted by atomic mass is 9.94. The highest BCUT2D eigenvalue weighted by atomic mass is 19.4. The van der Waals surface area contributed by atoms with E-state index in [9.17, 15) is 31.5 Å². The Hall–Kier alpha value is -3.43. The van der Waals surface area contributed by atoms with Crippen molar-refractivity contribution < 1.29 is 31.5 Å². The van der Waals surface area contributed by atoms with Gasteiger partial charge in [-0.15, -0.1) is 0 Å². The topological polar surface area (TPSA) is 70.2 Å². The fourth-order valence-corrected chi connectivity index (χ4v) is 2.97. The Morgan fingerprint density at radius 3 is 2.31 bits per heavy atom. The first-order chi connectivity index (χ1) is 13.6. The van der Waals surface area contributed by atoms with Crippen molar-refractivity contribution in [3.63, 3.8) is 0 Å². The number of carbonyl (C=O) groups is 2. The average molecular weight is 411 g/mol. The van der Waals surface area contributed by atoms with Gasteiger partial charge in [0.1, 0.15) is 11.6 Å². The number of anilines is 1. The summed E-state index contributed by atoms with van der Waals surface area (Å²) in [6.07, 6.45) is -4.62. The second kappa shape index (κ2) is 7.53. The SMILES string of the molecule is CC1=C(C(=O)Nc2cccc(C(F)(F)F)c2)[C@@H](c2c(F)cccc2F)NC(=O)N1. The van der Waals surface area contributed by atoms with Crippen molar-refractivity contribution in [2.75, 3.05) is 5.32 Å². The van der Waals surface area contributed by atoms with Gasteiger partial charge in [-0.05, 0) is 37.3 Å². The van der Waals surface area contributed by atoms with Crippen LogP contribution in [-0.2, 0) is 11.0 Å². The Balaban J connectivity index is 1.99. The van der Waals surface area contributed by atoms with Crippen molar-refractivity contribution in [3.8, 4) is 0 Å². The van der Waals surface area contributed by atoms with E-state index in [1.807, 2.05) is 0 Å². The highest BCUT2D eigenvalue weighted by Gasteiger charge is 2.35. The molecule has 3 rings (SSSR count). The van der Waals surface area contributed by atoms with Crippen LogP contribution in [0.3, 0.4) is 0 Å². The lowest BCUT2D eigenvalue weighted by molar-refractivity contribution is -0.137. The van der Waals surface area contributed by atoms with Crippen LogP contribution in [0.25, 0.3) is 0 Å². The summed E-state index contributed by atoms with van der Waals surface area (Å²) in [5.41, 5.74) is -1.95. The van der Waals surface area contributed by atoms with E-state index in [0.717, 1.165) is 36.4 Å². The minimum atomic E-state index is -4.62. The second-order valence-corrected chi connectivity index (χ2v) is 6.24. The van der Waals surface area contributed by atoms with Crippen molar-refractivity contribution in [3.05, 3.63) is 76.5 Å². The van der Waals surface area contributed by atoms with Gasteiger partial charge in [0, 0.05) is 11.4 Å². The van der Waals surface area contributed by atoms with Crippen molar-refractivity contribution in [2.45, 2.75) is 19.1 Å². The summed E-state index contributed by atoms with van der Waals surface area (Å²) in [5, 5.41) is 6.86. The maximum atomic E-state index is 14.2. The molecule has 152 valence electrons. The molecule has 0 saturated carbocycles. The van der Waals surface area contributed by atoms with E-state index < -0.39 is 46.9 Å². The molecule has 0 aliphatic carbocycles. The molecule has 3 amide bonds. The monoisotopic (exact) mass is 411 g/mol. The molecule has 0 aromatic heterocycles. The molecule has 2 aromatic rings. The maximum absolute atomic E-state index is 14.2. The number of allylic oxidation sites excluding steroid dienone is 1. The molecule has 0 radical (unpaired) electrons. The van der Waals surface area contributed by atoms with Gasteiger partial charge in [-0.25, -0.2) is 13.6 Å². The van der Waals surface area contributed by atoms with Crippen LogP contribution in [0, 0.1) is 11.6 Å². The molecule has 1 aliphatic rings. The molecule has 1 atom stereocenters. The van der Waals surface area contributed by atoms with E-state index >= 15 is 0 Å². The maximum Gasteiger partial charge on any atom is 0.416 e. The van der Waals surface area contributed by atoms with Crippen molar-refractivity contribution in [2.24, 2.45) is 0 Å². The fraction of sp³-hybridized carbons (Fsp3) is 0.158. The van der Waals surface area contributed by atoms with Crippen molar-refractivity contribution >= 4 is 17.6 Å². The largest absolute Gasteiger partial charge is 0.416 e. The minimum absolute atomic E-state index is 0.00544. The molecule has 1 heterocycles. The summed E-state index contributed by atoms with van der Waals surface area (Å²) in [6, 6.07) is 4.68. The van der Waals surface area contributed by atoms with Crippen LogP contribution in [0.15, 0.2) is 53.7 Å². The first-order valence-electron chi connectivity index (χ1n) is 8.28. The Bertz CT molecular complexity index is 997. The Morgan fingerprint density at radius 1 is 1.07 bits per heavy atom. The molecule has 0 unspecified atom stereocenters. The van der Waals surface area contributed by atoms with Gasteiger partial charge in [0.05, 0.1) is 22.7 Å². The third kappa shape index (κ3) is 4.20. The first kappa shape index (κ1) is 20.3. The van der Waals surface area contributed by atoms with Gasteiger partial charge in [-0.3, -0.25) is 4.79 Å². The number of nitrogens with one attached hydrogen (secondary N) is 3. The molecule has 5 nitrogen and oxygen atoms in total. The van der Waals surface area contributed by atoms with Crippen LogP contribution >= 0.6 is 0 Å². The van der Waals surface area contributed by atoms with Gasteiger partial charge < -0.3 is 16.0 Å². The molecule has 10 heteroatoms. The predicted molar refractivity (Wildman–Crippen MR) is 93.5 cm³/mol. The summed E-state index contributed by atoms with van der Waals surface area (Å²) < 4.78 is 67.1. The molecule has 0 saturated heterocycles. The Labute approximate surface area is 161 Å². The summed E-state index contributed by atoms with van der Waals surface area (Å²) in [5.74, 6) is -2.91. The zero-order valence-corrected chi connectivity index (χ0v) is 14.8. The summed E-state index contributed by atoms with van der Waals surface area (Å²) in [6.45, 7) is 1.34. The zero-order valence-electron chi connectivity index (χ0n) is 14.8. The normalized spacial score (nSPS) is 16.9. The molecular weight excluding hydrogens is 397 g/mol. The number of hydrogen-bond donors (Lipinski definition) is 3. The molecule has 29 heavy (non-hydrogen) atoms. The number of hydrogen-bond acceptors (Lipinski definition) is 2. The van der Waals surface area contributed by atoms with Crippen LogP contribution in [0.1, 0.15) is 24.1 Å². The van der Waals surface area contributed by atoms with Gasteiger partial charge in [0.15, 0.2) is 0 Å². The van der Waals surface area contributed by atoms with E-state index in [1.54, 1.807) is 0 Å². The van der Waals surface area contributed by atoms with Gasteiger partial charge in [0.2, 0.25) is 0 Å². The Kier molecular flexibility index (Phi) is 5.27. The van der Waals surface area contributed by atoms with E-state index in [0.29, 0.717) is 0 Å². The second-order valence-electron chi connectivity index (χ2n) is 6.24. The van der Waals surface area contributed by atoms with Gasteiger partial charge in [-0.2, -0.15) is 13.2 Å². The average Bonchev–Trinajstić information content (AvgIpc) is 2.60. The smallest absolute Gasteiger partial charge is 0.326 e. The highest BCUT2D eigenvalue weighted by molar-refractivity contribution is 6.06. The van der Waals surface area contributed by atoms with Gasteiger partial charge in [0.25, 0.3) is 5.91 Å². The third-order valence-corrected chi connectivity index (χ3v) is 4.25. The Morgan fingerprint density at radius 2 is 1.69 bits per heavy atom. The number of carbonyl (C=O) groups excluding carboxylic acids is 2. The van der Waals surface area contributed by atoms with Gasteiger partial charge >= 0.3 is 12.2 Å². The predicted octanol–water partition coefficient (Wildman–Crippen LogP) is 4.25. The number of rotatable bonds is 3. The quantitative estimate of drug-likeness (QED) is 0.661. The van der Waals surface area contributed by atoms with E-state index in [-0.39, 0.29) is 17.0 Å². The third-order valence-electron chi connectivity index (χ3n) is 4.25. The van der Waals surface area contributed by atoms with Crippen LogP contribution < -0.4 is 16.0 Å². The number of halogens is 5. The molecular formula is C19H14F5N3O2. The standard InChI is InChI=1S/C19H14F5N3O2/c1-9-14(17(28)26-11-5-2-4-10(8-11)19(22,23)24)16(27-18(29)25-9)15-12(20)6-3-7-13(15)21/h2-8,16H,1H3,(H,26,28)(H2,25,27,29)/t16-/m0/s1. The fourth-order valence-electron chi connectivity index (χ4n) is 2.97. The summed E-state index contributed by atoms with van der Waals surface area (Å²) in [4.78, 5) is 24.6. The number of amides is 3. The van der Waals surface area contributed by atoms with Crippen molar-refractivity contribution in [1.82, 2.24) is 10.6 Å². The van der Waals surface area contributed by atoms with E-state index in [1.165, 1.54) is 13.0 Å².